The maximum atomic E-state index is 12.3. The van der Waals surface area contributed by atoms with Crippen LogP contribution < -0.4 is 21.5 Å². The van der Waals surface area contributed by atoms with Crippen LogP contribution in [0, 0.1) is 17.0 Å². The van der Waals surface area contributed by atoms with Gasteiger partial charge in [0.2, 0.25) is 11.6 Å². The van der Waals surface area contributed by atoms with Crippen molar-refractivity contribution in [2.75, 3.05) is 10.7 Å². The molecule has 31 heavy (non-hydrogen) atoms. The Morgan fingerprint density at radius 1 is 1.10 bits per heavy atom. The fraction of sp³-hybridized carbons (Fsp3) is 0.476. The van der Waals surface area contributed by atoms with Crippen molar-refractivity contribution in [3.05, 3.63) is 51.8 Å². The van der Waals surface area contributed by atoms with E-state index in [9.17, 15) is 14.9 Å². The van der Waals surface area contributed by atoms with E-state index in [1.807, 2.05) is 19.1 Å². The second-order valence-electron chi connectivity index (χ2n) is 9.26. The van der Waals surface area contributed by atoms with Gasteiger partial charge in [-0.25, -0.2) is 9.97 Å². The van der Waals surface area contributed by atoms with Crippen LogP contribution >= 0.6 is 0 Å². The van der Waals surface area contributed by atoms with E-state index in [1.54, 1.807) is 12.1 Å². The van der Waals surface area contributed by atoms with Crippen molar-refractivity contribution in [3.63, 3.8) is 0 Å². The number of hydrogen-bond donors (Lipinski definition) is 4. The van der Waals surface area contributed by atoms with Gasteiger partial charge < -0.3 is 10.6 Å². The molecule has 0 radical (unpaired) electrons. The Hall–Kier alpha value is -3.27. The average molecular weight is 428 g/mol. The first-order chi connectivity index (χ1) is 14.5. The smallest absolute Gasteiger partial charge is 0.354 e. The topological polar surface area (TPSA) is 134 Å². The van der Waals surface area contributed by atoms with Crippen LogP contribution in [0.3, 0.4) is 0 Å². The van der Waals surface area contributed by atoms with E-state index < -0.39 is 10.8 Å². The number of nitrogens with one attached hydrogen (secondary N) is 4. The van der Waals surface area contributed by atoms with E-state index in [2.05, 4.69) is 59.1 Å². The molecule has 1 aromatic heterocycles. The fourth-order valence-electron chi connectivity index (χ4n) is 4.26. The first kappa shape index (κ1) is 22.4. The number of carbonyl (C=O) groups excluding carboxylic acids is 1. The lowest BCUT2D eigenvalue weighted by molar-refractivity contribution is -0.383. The number of nitrogens with zero attached hydrogens (tertiary/aromatic N) is 3. The van der Waals surface area contributed by atoms with Crippen LogP contribution in [0.15, 0.2) is 30.6 Å². The number of piperidine rings is 1. The number of aromatic nitrogens is 2. The van der Waals surface area contributed by atoms with Gasteiger partial charge in [-0.15, -0.1) is 0 Å². The number of amides is 1. The number of hydrogen-bond acceptors (Lipinski definition) is 8. The third kappa shape index (κ3) is 5.66. The molecule has 1 saturated heterocycles. The summed E-state index contributed by atoms with van der Waals surface area (Å²) in [6.07, 6.45) is 2.77. The molecule has 1 fully saturated rings. The van der Waals surface area contributed by atoms with Crippen molar-refractivity contribution in [2.45, 2.75) is 64.6 Å². The molecule has 1 aliphatic heterocycles. The van der Waals surface area contributed by atoms with Crippen molar-refractivity contribution < 1.29 is 9.72 Å². The molecule has 10 nitrogen and oxygen atoms in total. The molecule has 0 unspecified atom stereocenters. The monoisotopic (exact) mass is 427 g/mol. The molecule has 166 valence electrons. The SMILES string of the molecule is Cc1ccc(C(=O)NNc2ncnc(NC3CC(C)(C)NC(C)(C)C3)c2[N+](=O)[O-])cc1. The second-order valence-corrected chi connectivity index (χ2v) is 9.26. The van der Waals surface area contributed by atoms with Gasteiger partial charge in [-0.3, -0.25) is 25.8 Å². The quantitative estimate of drug-likeness (QED) is 0.408. The van der Waals surface area contributed by atoms with E-state index in [0.29, 0.717) is 5.56 Å². The number of rotatable bonds is 6. The van der Waals surface area contributed by atoms with E-state index >= 15 is 0 Å². The third-order valence-electron chi connectivity index (χ3n) is 5.14. The maximum absolute atomic E-state index is 12.3. The van der Waals surface area contributed by atoms with Crippen molar-refractivity contribution >= 4 is 23.2 Å². The normalized spacial score (nSPS) is 17.6. The van der Waals surface area contributed by atoms with E-state index in [1.165, 1.54) is 6.33 Å². The first-order valence-corrected chi connectivity index (χ1v) is 10.1. The highest BCUT2D eigenvalue weighted by Gasteiger charge is 2.38. The molecule has 0 spiro atoms. The number of anilines is 2. The predicted molar refractivity (Wildman–Crippen MR) is 119 cm³/mol. The molecule has 2 aromatic rings. The van der Waals surface area contributed by atoms with Crippen molar-refractivity contribution in [2.24, 2.45) is 0 Å². The molecule has 0 aliphatic carbocycles. The van der Waals surface area contributed by atoms with Crippen LogP contribution in [0.25, 0.3) is 0 Å². The Morgan fingerprint density at radius 2 is 1.68 bits per heavy atom. The van der Waals surface area contributed by atoms with Gasteiger partial charge in [-0.05, 0) is 59.6 Å². The number of aryl methyl sites for hydroxylation is 1. The molecule has 0 atom stereocenters. The summed E-state index contributed by atoms with van der Waals surface area (Å²) in [6.45, 7) is 10.3. The van der Waals surface area contributed by atoms with Gasteiger partial charge in [-0.1, -0.05) is 17.7 Å². The maximum Gasteiger partial charge on any atom is 0.354 e. The fourth-order valence-corrected chi connectivity index (χ4v) is 4.26. The Kier molecular flexibility index (Phi) is 6.12. The predicted octanol–water partition coefficient (Wildman–Crippen LogP) is 3.17. The summed E-state index contributed by atoms with van der Waals surface area (Å²) >= 11 is 0. The van der Waals surface area contributed by atoms with E-state index in [4.69, 9.17) is 0 Å². The number of carbonyl (C=O) groups is 1. The van der Waals surface area contributed by atoms with Crippen molar-refractivity contribution in [1.29, 1.82) is 0 Å². The zero-order chi connectivity index (χ0) is 22.8. The summed E-state index contributed by atoms with van der Waals surface area (Å²) < 4.78 is 0. The number of nitro groups is 1. The van der Waals surface area contributed by atoms with Crippen LogP contribution in [0.1, 0.15) is 56.5 Å². The lowest BCUT2D eigenvalue weighted by atomic mass is 9.79. The molecule has 10 heteroatoms. The molecular formula is C21H29N7O3. The van der Waals surface area contributed by atoms with Gasteiger partial charge in [0.15, 0.2) is 0 Å². The van der Waals surface area contributed by atoms with E-state index in [0.717, 1.165) is 18.4 Å². The Balaban J connectivity index is 1.78. The van der Waals surface area contributed by atoms with Gasteiger partial charge in [0.1, 0.15) is 6.33 Å². The van der Waals surface area contributed by atoms with Crippen molar-refractivity contribution in [1.82, 2.24) is 20.7 Å². The van der Waals surface area contributed by atoms with Crippen LogP contribution in [0.5, 0.6) is 0 Å². The van der Waals surface area contributed by atoms with Gasteiger partial charge >= 0.3 is 5.69 Å². The molecule has 1 aromatic carbocycles. The molecular weight excluding hydrogens is 398 g/mol. The summed E-state index contributed by atoms with van der Waals surface area (Å²) in [5, 5.41) is 18.6. The van der Waals surface area contributed by atoms with Crippen LogP contribution in [0.2, 0.25) is 0 Å². The molecule has 4 N–H and O–H groups in total. The van der Waals surface area contributed by atoms with Crippen LogP contribution in [-0.4, -0.2) is 37.9 Å². The Labute approximate surface area is 181 Å². The molecule has 2 heterocycles. The first-order valence-electron chi connectivity index (χ1n) is 10.1. The Morgan fingerprint density at radius 3 is 2.26 bits per heavy atom. The second kappa shape index (κ2) is 8.46. The molecule has 0 saturated carbocycles. The zero-order valence-electron chi connectivity index (χ0n) is 18.4. The standard InChI is InChI=1S/C21H29N7O3/c1-13-6-8-14(9-7-13)19(29)26-25-18-16(28(30)31)17(22-12-23-18)24-15-10-20(2,3)27-21(4,5)11-15/h6-9,12,15,27H,10-11H2,1-5H3,(H,26,29)(H2,22,23,24,25). The highest BCUT2D eigenvalue weighted by Crippen LogP contribution is 2.34. The lowest BCUT2D eigenvalue weighted by Gasteiger charge is -2.46. The van der Waals surface area contributed by atoms with E-state index in [-0.39, 0.29) is 34.4 Å². The third-order valence-corrected chi connectivity index (χ3v) is 5.14. The average Bonchev–Trinajstić information content (AvgIpc) is 2.64. The van der Waals surface area contributed by atoms with Crippen molar-refractivity contribution in [3.8, 4) is 0 Å². The summed E-state index contributed by atoms with van der Waals surface area (Å²) in [5.41, 5.74) is 5.90. The largest absolute Gasteiger partial charge is 0.361 e. The zero-order valence-corrected chi connectivity index (χ0v) is 18.4. The summed E-state index contributed by atoms with van der Waals surface area (Å²) in [5.74, 6) is -0.398. The van der Waals surface area contributed by atoms with Gasteiger partial charge in [0.05, 0.1) is 4.92 Å². The minimum atomic E-state index is -0.555. The number of benzene rings is 1. The minimum absolute atomic E-state index is 0.0187. The van der Waals surface area contributed by atoms with Gasteiger partial charge in [0, 0.05) is 22.7 Å². The van der Waals surface area contributed by atoms with Gasteiger partial charge in [-0.2, -0.15) is 0 Å². The summed E-state index contributed by atoms with van der Waals surface area (Å²) in [4.78, 5) is 31.7. The van der Waals surface area contributed by atoms with Gasteiger partial charge in [0.25, 0.3) is 5.91 Å². The molecule has 0 bridgehead atoms. The summed E-state index contributed by atoms with van der Waals surface area (Å²) in [6, 6.07) is 6.95. The highest BCUT2D eigenvalue weighted by molar-refractivity contribution is 5.95. The van der Waals surface area contributed by atoms with Crippen LogP contribution in [0.4, 0.5) is 17.3 Å². The lowest BCUT2D eigenvalue weighted by Crippen LogP contribution is -2.60. The number of hydrazine groups is 1. The molecule has 1 aliphatic rings. The van der Waals surface area contributed by atoms with Crippen LogP contribution in [-0.2, 0) is 0 Å². The highest BCUT2D eigenvalue weighted by atomic mass is 16.6. The Bertz CT molecular complexity index is 957. The molecule has 1 amide bonds. The summed E-state index contributed by atoms with van der Waals surface area (Å²) in [7, 11) is 0. The molecule has 3 rings (SSSR count). The minimum Gasteiger partial charge on any atom is -0.361 e.